The van der Waals surface area contributed by atoms with Crippen molar-refractivity contribution in [1.29, 1.82) is 0 Å². The van der Waals surface area contributed by atoms with Gasteiger partial charge in [0.05, 0.1) is 10.3 Å². The quantitative estimate of drug-likeness (QED) is 0.588. The van der Waals surface area contributed by atoms with Crippen LogP contribution in [0.25, 0.3) is 0 Å². The lowest BCUT2D eigenvalue weighted by Crippen LogP contribution is -2.20. The van der Waals surface area contributed by atoms with Crippen molar-refractivity contribution in [3.63, 3.8) is 0 Å². The lowest BCUT2D eigenvalue weighted by atomic mass is 10.2. The average molecular weight is 417 g/mol. The molecule has 25 heavy (non-hydrogen) atoms. The second-order valence-corrected chi connectivity index (χ2v) is 8.93. The molecule has 0 atom stereocenters. The number of hydrogen-bond acceptors (Lipinski definition) is 3. The van der Waals surface area contributed by atoms with Crippen molar-refractivity contribution in [3.8, 4) is 0 Å². The van der Waals surface area contributed by atoms with E-state index in [1.54, 1.807) is 53.9 Å². The Morgan fingerprint density at radius 3 is 2.44 bits per heavy atom. The molecule has 0 spiro atoms. The van der Waals surface area contributed by atoms with Crippen LogP contribution in [0.1, 0.15) is 16.6 Å². The molecule has 0 saturated carbocycles. The molecular weight excluding hydrogens is 402 g/mol. The summed E-state index contributed by atoms with van der Waals surface area (Å²) in [4.78, 5) is 12.1. The van der Waals surface area contributed by atoms with E-state index in [0.29, 0.717) is 15.7 Å². The van der Waals surface area contributed by atoms with Crippen LogP contribution in [0, 0.1) is 5.82 Å². The highest BCUT2D eigenvalue weighted by molar-refractivity contribution is 8.16. The van der Waals surface area contributed by atoms with Crippen LogP contribution >= 0.6 is 46.7 Å². The SMILES string of the molecule is O=C(Nc1ccc(Cl)cc1)Nc1cc(C2SCCCS2)c(Cl)cc1F. The standard InChI is InChI=1S/C17H15Cl2FN2OS2/c18-10-2-4-11(5-3-10)21-17(23)22-15-8-12(13(19)9-14(15)20)16-24-6-1-7-25-16/h2-5,8-9,16H,1,6-7H2,(H2,21,22,23). The maximum absolute atomic E-state index is 14.2. The highest BCUT2D eigenvalue weighted by Gasteiger charge is 2.21. The van der Waals surface area contributed by atoms with Gasteiger partial charge in [0.2, 0.25) is 0 Å². The highest BCUT2D eigenvalue weighted by atomic mass is 35.5. The van der Waals surface area contributed by atoms with Gasteiger partial charge in [-0.2, -0.15) is 0 Å². The van der Waals surface area contributed by atoms with Gasteiger partial charge < -0.3 is 10.6 Å². The minimum Gasteiger partial charge on any atom is -0.308 e. The highest BCUT2D eigenvalue weighted by Crippen LogP contribution is 2.46. The second kappa shape index (κ2) is 8.54. The molecule has 3 rings (SSSR count). The van der Waals surface area contributed by atoms with Gasteiger partial charge in [0.15, 0.2) is 0 Å². The summed E-state index contributed by atoms with van der Waals surface area (Å²) >= 11 is 15.6. The largest absolute Gasteiger partial charge is 0.323 e. The molecule has 1 aliphatic rings. The molecule has 1 aliphatic heterocycles. The number of anilines is 2. The first-order valence-corrected chi connectivity index (χ1v) is 10.4. The van der Waals surface area contributed by atoms with Gasteiger partial charge in [-0.25, -0.2) is 9.18 Å². The van der Waals surface area contributed by atoms with Gasteiger partial charge in [-0.05, 0) is 59.9 Å². The number of hydrogen-bond donors (Lipinski definition) is 2. The van der Waals surface area contributed by atoms with E-state index in [4.69, 9.17) is 23.2 Å². The molecule has 8 heteroatoms. The molecule has 0 radical (unpaired) electrons. The zero-order valence-corrected chi connectivity index (χ0v) is 16.2. The monoisotopic (exact) mass is 416 g/mol. The summed E-state index contributed by atoms with van der Waals surface area (Å²) in [6, 6.07) is 9.01. The molecule has 1 heterocycles. The van der Waals surface area contributed by atoms with Gasteiger partial charge >= 0.3 is 6.03 Å². The molecule has 132 valence electrons. The molecule has 2 aromatic rings. The minimum atomic E-state index is -0.564. The number of thioether (sulfide) groups is 2. The first-order valence-electron chi connectivity index (χ1n) is 7.58. The van der Waals surface area contributed by atoms with Gasteiger partial charge in [-0.15, -0.1) is 23.5 Å². The number of benzene rings is 2. The lowest BCUT2D eigenvalue weighted by molar-refractivity contribution is 0.262. The molecule has 0 aromatic heterocycles. The topological polar surface area (TPSA) is 41.1 Å². The van der Waals surface area contributed by atoms with Crippen molar-refractivity contribution in [2.24, 2.45) is 0 Å². The van der Waals surface area contributed by atoms with Crippen LogP contribution in [-0.2, 0) is 0 Å². The normalized spacial score (nSPS) is 15.0. The Labute approximate surface area is 164 Å². The van der Waals surface area contributed by atoms with Crippen LogP contribution in [0.15, 0.2) is 36.4 Å². The molecule has 0 bridgehead atoms. The van der Waals surface area contributed by atoms with E-state index in [1.165, 1.54) is 6.07 Å². The van der Waals surface area contributed by atoms with Crippen molar-refractivity contribution in [3.05, 3.63) is 57.8 Å². The Morgan fingerprint density at radius 2 is 1.76 bits per heavy atom. The zero-order chi connectivity index (χ0) is 17.8. The molecule has 0 unspecified atom stereocenters. The van der Waals surface area contributed by atoms with Crippen molar-refractivity contribution >= 4 is 64.1 Å². The van der Waals surface area contributed by atoms with Crippen LogP contribution < -0.4 is 10.6 Å². The molecule has 0 aliphatic carbocycles. The number of carbonyl (C=O) groups is 1. The molecule has 1 saturated heterocycles. The Morgan fingerprint density at radius 1 is 1.08 bits per heavy atom. The van der Waals surface area contributed by atoms with E-state index in [0.717, 1.165) is 23.5 Å². The number of rotatable bonds is 3. The van der Waals surface area contributed by atoms with E-state index < -0.39 is 11.8 Å². The predicted molar refractivity (Wildman–Crippen MR) is 108 cm³/mol. The van der Waals surface area contributed by atoms with Crippen LogP contribution in [0.2, 0.25) is 10.0 Å². The van der Waals surface area contributed by atoms with Crippen LogP contribution in [0.4, 0.5) is 20.6 Å². The Balaban J connectivity index is 1.74. The number of carbonyl (C=O) groups excluding carboxylic acids is 1. The van der Waals surface area contributed by atoms with Crippen LogP contribution in [0.5, 0.6) is 0 Å². The van der Waals surface area contributed by atoms with Crippen LogP contribution in [0.3, 0.4) is 0 Å². The summed E-state index contributed by atoms with van der Waals surface area (Å²) in [5.74, 6) is 1.53. The second-order valence-electron chi connectivity index (χ2n) is 5.37. The van der Waals surface area contributed by atoms with Crippen molar-refractivity contribution < 1.29 is 9.18 Å². The third kappa shape index (κ3) is 4.97. The molecule has 2 aromatic carbocycles. The van der Waals surface area contributed by atoms with E-state index in [2.05, 4.69) is 10.6 Å². The van der Waals surface area contributed by atoms with Crippen molar-refractivity contribution in [2.45, 2.75) is 11.0 Å². The van der Waals surface area contributed by atoms with Gasteiger partial charge in [0, 0.05) is 15.7 Å². The fourth-order valence-corrected chi connectivity index (χ4v) is 5.79. The van der Waals surface area contributed by atoms with E-state index >= 15 is 0 Å². The van der Waals surface area contributed by atoms with Gasteiger partial charge in [0.1, 0.15) is 5.82 Å². The molecule has 2 N–H and O–H groups in total. The van der Waals surface area contributed by atoms with Gasteiger partial charge in [0.25, 0.3) is 0 Å². The third-order valence-corrected chi connectivity index (χ3v) is 7.08. The fourth-order valence-electron chi connectivity index (χ4n) is 2.33. The van der Waals surface area contributed by atoms with Crippen LogP contribution in [-0.4, -0.2) is 17.5 Å². The average Bonchev–Trinajstić information content (AvgIpc) is 2.60. The molecule has 2 amide bonds. The number of halogens is 3. The van der Waals surface area contributed by atoms with Gasteiger partial charge in [-0.1, -0.05) is 23.2 Å². The Bertz CT molecular complexity index is 768. The number of amides is 2. The Kier molecular flexibility index (Phi) is 6.39. The van der Waals surface area contributed by atoms with Crippen molar-refractivity contribution in [2.75, 3.05) is 22.1 Å². The first-order chi connectivity index (χ1) is 12.0. The summed E-state index contributed by atoms with van der Waals surface area (Å²) in [6.45, 7) is 0. The molecule has 1 fully saturated rings. The number of nitrogens with one attached hydrogen (secondary N) is 2. The summed E-state index contributed by atoms with van der Waals surface area (Å²) < 4.78 is 14.3. The third-order valence-electron chi connectivity index (χ3n) is 3.52. The van der Waals surface area contributed by atoms with E-state index in [9.17, 15) is 9.18 Å². The lowest BCUT2D eigenvalue weighted by Gasteiger charge is -2.23. The maximum atomic E-state index is 14.2. The Hall–Kier alpha value is -1.08. The molecular formula is C17H15Cl2FN2OS2. The van der Waals surface area contributed by atoms with E-state index in [-0.39, 0.29) is 10.3 Å². The first kappa shape index (κ1) is 18.7. The summed E-state index contributed by atoms with van der Waals surface area (Å²) in [7, 11) is 0. The van der Waals surface area contributed by atoms with Crippen molar-refractivity contribution in [1.82, 2.24) is 0 Å². The summed E-state index contributed by atoms with van der Waals surface area (Å²) in [5, 5.41) is 6.14. The minimum absolute atomic E-state index is 0.109. The number of urea groups is 1. The van der Waals surface area contributed by atoms with E-state index in [1.807, 2.05) is 0 Å². The molecule has 3 nitrogen and oxygen atoms in total. The smallest absolute Gasteiger partial charge is 0.308 e. The summed E-state index contributed by atoms with van der Waals surface area (Å²) in [5.41, 5.74) is 1.51. The fraction of sp³-hybridized carbons (Fsp3) is 0.235. The predicted octanol–water partition coefficient (Wildman–Crippen LogP) is 6.65. The zero-order valence-electron chi connectivity index (χ0n) is 13.0. The summed E-state index contributed by atoms with van der Waals surface area (Å²) in [6.07, 6.45) is 1.15. The maximum Gasteiger partial charge on any atom is 0.323 e. The van der Waals surface area contributed by atoms with Gasteiger partial charge in [-0.3, -0.25) is 0 Å².